The number of ketones is 1. The lowest BCUT2D eigenvalue weighted by Gasteiger charge is -2.00. The fourth-order valence-corrected chi connectivity index (χ4v) is 2.64. The van der Waals surface area contributed by atoms with Crippen LogP contribution >= 0.6 is 11.6 Å². The third-order valence-corrected chi connectivity index (χ3v) is 3.96. The lowest BCUT2D eigenvalue weighted by molar-refractivity contribution is 0.0696. The Hall–Kier alpha value is -3.36. The summed E-state index contributed by atoms with van der Waals surface area (Å²) in [6, 6.07) is 12.9. The van der Waals surface area contributed by atoms with Gasteiger partial charge in [0.1, 0.15) is 11.6 Å². The molecule has 3 rings (SSSR count). The lowest BCUT2D eigenvalue weighted by atomic mass is 10.0. The third-order valence-electron chi connectivity index (χ3n) is 3.72. The van der Waals surface area contributed by atoms with Gasteiger partial charge >= 0.3 is 5.97 Å². The van der Waals surface area contributed by atoms with Gasteiger partial charge in [0.2, 0.25) is 5.78 Å². The molecule has 0 bridgehead atoms. The largest absolute Gasteiger partial charge is 0.478 e. The first kappa shape index (κ1) is 16.5. The summed E-state index contributed by atoms with van der Waals surface area (Å²) in [6.45, 7) is 0. The van der Waals surface area contributed by atoms with Crippen molar-refractivity contribution in [1.29, 1.82) is 5.26 Å². The Bertz CT molecular complexity index is 1060. The van der Waals surface area contributed by atoms with Crippen LogP contribution < -0.4 is 0 Å². The molecule has 0 saturated heterocycles. The number of allylic oxidation sites excluding steroid dienone is 1. The van der Waals surface area contributed by atoms with Crippen molar-refractivity contribution in [2.75, 3.05) is 0 Å². The number of nitrogens with one attached hydrogen (secondary N) is 1. The Morgan fingerprint density at radius 1 is 1.16 bits per heavy atom. The molecule has 0 aliphatic heterocycles. The minimum Gasteiger partial charge on any atom is -0.478 e. The number of nitriles is 1. The molecule has 0 aliphatic rings. The molecule has 0 unspecified atom stereocenters. The highest BCUT2D eigenvalue weighted by Gasteiger charge is 2.17. The summed E-state index contributed by atoms with van der Waals surface area (Å²) in [4.78, 5) is 26.5. The van der Waals surface area contributed by atoms with E-state index in [-0.39, 0.29) is 11.1 Å². The van der Waals surface area contributed by atoms with E-state index >= 15 is 0 Å². The van der Waals surface area contributed by atoms with Gasteiger partial charge in [0.05, 0.1) is 5.56 Å². The molecule has 0 aliphatic carbocycles. The van der Waals surface area contributed by atoms with Crippen molar-refractivity contribution in [3.8, 4) is 6.07 Å². The second kappa shape index (κ2) is 6.63. The number of benzene rings is 2. The van der Waals surface area contributed by atoms with Gasteiger partial charge in [-0.25, -0.2) is 4.79 Å². The molecular formula is C19H11ClN2O3. The van der Waals surface area contributed by atoms with Crippen molar-refractivity contribution in [2.45, 2.75) is 0 Å². The number of carboxylic acid groups (broad SMARTS) is 1. The topological polar surface area (TPSA) is 93.9 Å². The van der Waals surface area contributed by atoms with Gasteiger partial charge in [0.25, 0.3) is 0 Å². The normalized spacial score (nSPS) is 11.3. The Balaban J connectivity index is 1.98. The number of nitrogens with zero attached hydrogens (tertiary/aromatic N) is 1. The Labute approximate surface area is 147 Å². The number of aromatic nitrogens is 1. The maximum absolute atomic E-state index is 12.7. The SMILES string of the molecule is N#C/C(=C\c1ccc(C(=O)O)cc1)C(=O)c1c[nH]c2cc(Cl)ccc12. The summed E-state index contributed by atoms with van der Waals surface area (Å²) in [7, 11) is 0. The van der Waals surface area contributed by atoms with Gasteiger partial charge in [-0.2, -0.15) is 5.26 Å². The van der Waals surface area contributed by atoms with Crippen LogP contribution in [0.5, 0.6) is 0 Å². The molecule has 2 N–H and O–H groups in total. The van der Waals surface area contributed by atoms with E-state index in [1.165, 1.54) is 18.2 Å². The number of hydrogen-bond acceptors (Lipinski definition) is 3. The maximum Gasteiger partial charge on any atom is 0.335 e. The predicted molar refractivity (Wildman–Crippen MR) is 94.6 cm³/mol. The molecular weight excluding hydrogens is 340 g/mol. The lowest BCUT2D eigenvalue weighted by Crippen LogP contribution is -2.01. The number of Topliss-reactive ketones (excluding diaryl/α,β-unsaturated/α-hetero) is 1. The Morgan fingerprint density at radius 3 is 2.52 bits per heavy atom. The number of aromatic amines is 1. The zero-order valence-electron chi connectivity index (χ0n) is 12.8. The summed E-state index contributed by atoms with van der Waals surface area (Å²) in [5, 5.41) is 19.5. The van der Waals surface area contributed by atoms with Crippen molar-refractivity contribution in [3.63, 3.8) is 0 Å². The van der Waals surface area contributed by atoms with Crippen LogP contribution in [0.3, 0.4) is 0 Å². The van der Waals surface area contributed by atoms with Crippen molar-refractivity contribution in [2.24, 2.45) is 0 Å². The number of halogens is 1. The molecule has 0 saturated carbocycles. The highest BCUT2D eigenvalue weighted by atomic mass is 35.5. The molecule has 1 heterocycles. The van der Waals surface area contributed by atoms with Gasteiger partial charge in [-0.05, 0) is 35.9 Å². The number of carbonyl (C=O) groups is 2. The second-order valence-corrected chi connectivity index (χ2v) is 5.75. The van der Waals surface area contributed by atoms with Crippen LogP contribution in [0.25, 0.3) is 17.0 Å². The number of carboxylic acids is 1. The van der Waals surface area contributed by atoms with Crippen molar-refractivity contribution in [1.82, 2.24) is 4.98 Å². The molecule has 0 atom stereocenters. The van der Waals surface area contributed by atoms with Crippen LogP contribution in [0.1, 0.15) is 26.3 Å². The standard InChI is InChI=1S/C19H11ClN2O3/c20-14-5-6-15-16(10-22-17(15)8-14)18(23)13(9-21)7-11-1-3-12(4-2-11)19(24)25/h1-8,10,22H,(H,24,25)/b13-7+. The van der Waals surface area contributed by atoms with E-state index in [0.717, 1.165) is 0 Å². The predicted octanol–water partition coefficient (Wildman–Crippen LogP) is 4.31. The zero-order valence-corrected chi connectivity index (χ0v) is 13.5. The third kappa shape index (κ3) is 3.30. The highest BCUT2D eigenvalue weighted by Crippen LogP contribution is 2.24. The number of H-pyrrole nitrogens is 1. The minimum atomic E-state index is -1.04. The van der Waals surface area contributed by atoms with E-state index in [2.05, 4.69) is 4.98 Å². The number of aromatic carboxylic acids is 1. The summed E-state index contributed by atoms with van der Waals surface area (Å²) in [5.41, 5.74) is 1.74. The molecule has 25 heavy (non-hydrogen) atoms. The molecule has 6 heteroatoms. The van der Waals surface area contributed by atoms with E-state index in [1.54, 1.807) is 36.5 Å². The summed E-state index contributed by atoms with van der Waals surface area (Å²) < 4.78 is 0. The van der Waals surface area contributed by atoms with Crippen molar-refractivity contribution < 1.29 is 14.7 Å². The number of fused-ring (bicyclic) bond motifs is 1. The van der Waals surface area contributed by atoms with Gasteiger partial charge in [0.15, 0.2) is 0 Å². The molecule has 0 fully saturated rings. The van der Waals surface area contributed by atoms with Gasteiger partial charge < -0.3 is 10.1 Å². The smallest absolute Gasteiger partial charge is 0.335 e. The zero-order chi connectivity index (χ0) is 18.0. The molecule has 3 aromatic rings. The quantitative estimate of drug-likeness (QED) is 0.416. The summed E-state index contributed by atoms with van der Waals surface area (Å²) >= 11 is 5.93. The van der Waals surface area contributed by atoms with Gasteiger partial charge in [0, 0.05) is 27.7 Å². The number of rotatable bonds is 4. The van der Waals surface area contributed by atoms with Gasteiger partial charge in [-0.15, -0.1) is 0 Å². The highest BCUT2D eigenvalue weighted by molar-refractivity contribution is 6.31. The summed E-state index contributed by atoms with van der Waals surface area (Å²) in [5.74, 6) is -1.46. The fraction of sp³-hybridized carbons (Fsp3) is 0. The fourth-order valence-electron chi connectivity index (χ4n) is 2.47. The van der Waals surface area contributed by atoms with E-state index in [9.17, 15) is 14.9 Å². The van der Waals surface area contributed by atoms with Crippen molar-refractivity contribution in [3.05, 3.63) is 75.9 Å². The molecule has 0 spiro atoms. The molecule has 0 radical (unpaired) electrons. The molecule has 1 aromatic heterocycles. The van der Waals surface area contributed by atoms with E-state index < -0.39 is 11.8 Å². The number of carbonyl (C=O) groups excluding carboxylic acids is 1. The van der Waals surface area contributed by atoms with Crippen LogP contribution in [0, 0.1) is 11.3 Å². The second-order valence-electron chi connectivity index (χ2n) is 5.32. The van der Waals surface area contributed by atoms with E-state index in [0.29, 0.717) is 27.1 Å². The molecule has 0 amide bonds. The summed E-state index contributed by atoms with van der Waals surface area (Å²) in [6.07, 6.45) is 2.98. The first-order valence-corrected chi connectivity index (χ1v) is 7.64. The average molecular weight is 351 g/mol. The monoisotopic (exact) mass is 350 g/mol. The van der Waals surface area contributed by atoms with Crippen LogP contribution in [-0.2, 0) is 0 Å². The van der Waals surface area contributed by atoms with E-state index in [4.69, 9.17) is 16.7 Å². The number of hydrogen-bond donors (Lipinski definition) is 2. The average Bonchev–Trinajstić information content (AvgIpc) is 3.02. The molecule has 2 aromatic carbocycles. The van der Waals surface area contributed by atoms with Crippen molar-refractivity contribution >= 4 is 40.3 Å². The van der Waals surface area contributed by atoms with E-state index in [1.807, 2.05) is 6.07 Å². The molecule has 5 nitrogen and oxygen atoms in total. The maximum atomic E-state index is 12.7. The molecule has 122 valence electrons. The van der Waals surface area contributed by atoms with Crippen LogP contribution in [0.4, 0.5) is 0 Å². The van der Waals surface area contributed by atoms with Crippen LogP contribution in [0.15, 0.2) is 54.2 Å². The first-order chi connectivity index (χ1) is 12.0. The van der Waals surface area contributed by atoms with Crippen LogP contribution in [-0.4, -0.2) is 21.8 Å². The van der Waals surface area contributed by atoms with Crippen LogP contribution in [0.2, 0.25) is 5.02 Å². The first-order valence-electron chi connectivity index (χ1n) is 7.26. The Kier molecular flexibility index (Phi) is 4.38. The van der Waals surface area contributed by atoms with Gasteiger partial charge in [-0.1, -0.05) is 29.8 Å². The Morgan fingerprint density at radius 2 is 1.88 bits per heavy atom. The minimum absolute atomic E-state index is 0.0427. The van der Waals surface area contributed by atoms with Gasteiger partial charge in [-0.3, -0.25) is 4.79 Å².